The topological polar surface area (TPSA) is 56.7 Å². The number of nitrogens with two attached hydrogens (primary N) is 1. The molecule has 2 aromatic heterocycles. The summed E-state index contributed by atoms with van der Waals surface area (Å²) in [5.41, 5.74) is 10.3. The van der Waals surface area contributed by atoms with Gasteiger partial charge in [0, 0.05) is 9.26 Å². The number of aromatic nitrogens is 3. The van der Waals surface area contributed by atoms with E-state index in [4.69, 9.17) is 5.73 Å². The third kappa shape index (κ3) is 1.80. The van der Waals surface area contributed by atoms with Crippen molar-refractivity contribution >= 4 is 39.4 Å². The predicted molar refractivity (Wildman–Crippen MR) is 85.5 cm³/mol. The Labute approximate surface area is 124 Å². The second kappa shape index (κ2) is 4.48. The summed E-state index contributed by atoms with van der Waals surface area (Å²) in [4.78, 5) is 8.50. The molecule has 5 heteroatoms. The molecule has 96 valence electrons. The Morgan fingerprint density at radius 1 is 1.16 bits per heavy atom. The lowest BCUT2D eigenvalue weighted by atomic mass is 10.2. The fourth-order valence-corrected chi connectivity index (χ4v) is 2.98. The van der Waals surface area contributed by atoms with Gasteiger partial charge in [0.1, 0.15) is 12.1 Å². The molecule has 0 spiro atoms. The summed E-state index contributed by atoms with van der Waals surface area (Å²) in [5.74, 6) is 0.537. The summed E-state index contributed by atoms with van der Waals surface area (Å²) in [7, 11) is 0. The van der Waals surface area contributed by atoms with Crippen molar-refractivity contribution in [2.45, 2.75) is 13.8 Å². The second-order valence-electron chi connectivity index (χ2n) is 4.45. The van der Waals surface area contributed by atoms with Crippen LogP contribution in [-0.2, 0) is 0 Å². The van der Waals surface area contributed by atoms with Crippen LogP contribution in [0, 0.1) is 17.4 Å². The Morgan fingerprint density at radius 3 is 2.63 bits per heavy atom. The largest absolute Gasteiger partial charge is 0.383 e. The average Bonchev–Trinajstić information content (AvgIpc) is 2.64. The fraction of sp³-hybridized carbons (Fsp3) is 0.143. The molecule has 0 aliphatic carbocycles. The van der Waals surface area contributed by atoms with Crippen LogP contribution in [0.15, 0.2) is 30.6 Å². The van der Waals surface area contributed by atoms with Gasteiger partial charge in [0.15, 0.2) is 5.65 Å². The fourth-order valence-electron chi connectivity index (χ4n) is 2.35. The number of halogens is 1. The molecule has 0 aliphatic rings. The van der Waals surface area contributed by atoms with Crippen molar-refractivity contribution in [1.29, 1.82) is 0 Å². The van der Waals surface area contributed by atoms with E-state index in [2.05, 4.69) is 63.1 Å². The normalized spacial score (nSPS) is 11.1. The highest BCUT2D eigenvalue weighted by Crippen LogP contribution is 2.31. The standard InChI is InChI=1S/C14H13IN4/c1-8-9(2)19(11-6-4-3-5-10(11)15)14-12(8)13(16)17-7-18-14/h3-7H,1-2H3,(H2,16,17,18). The number of anilines is 1. The molecule has 3 rings (SSSR count). The number of benzene rings is 1. The van der Waals surface area contributed by atoms with Crippen LogP contribution < -0.4 is 5.73 Å². The maximum Gasteiger partial charge on any atom is 0.150 e. The van der Waals surface area contributed by atoms with Crippen LogP contribution >= 0.6 is 22.6 Å². The molecule has 0 radical (unpaired) electrons. The minimum Gasteiger partial charge on any atom is -0.383 e. The number of hydrogen-bond donors (Lipinski definition) is 1. The molecule has 1 aromatic carbocycles. The zero-order chi connectivity index (χ0) is 13.6. The van der Waals surface area contributed by atoms with E-state index in [0.29, 0.717) is 5.82 Å². The van der Waals surface area contributed by atoms with Gasteiger partial charge in [-0.05, 0) is 54.1 Å². The summed E-state index contributed by atoms with van der Waals surface area (Å²) in [5, 5.41) is 0.944. The van der Waals surface area contributed by atoms with E-state index in [9.17, 15) is 0 Å². The maximum absolute atomic E-state index is 5.99. The molecule has 4 nitrogen and oxygen atoms in total. The second-order valence-corrected chi connectivity index (χ2v) is 5.62. The third-order valence-corrected chi connectivity index (χ3v) is 4.33. The van der Waals surface area contributed by atoms with Crippen molar-refractivity contribution < 1.29 is 0 Å². The van der Waals surface area contributed by atoms with Gasteiger partial charge in [0.25, 0.3) is 0 Å². The van der Waals surface area contributed by atoms with Crippen molar-refractivity contribution in [1.82, 2.24) is 14.5 Å². The van der Waals surface area contributed by atoms with E-state index < -0.39 is 0 Å². The monoisotopic (exact) mass is 364 g/mol. The van der Waals surface area contributed by atoms with Crippen LogP contribution in [0.3, 0.4) is 0 Å². The highest BCUT2D eigenvalue weighted by molar-refractivity contribution is 14.1. The van der Waals surface area contributed by atoms with Crippen molar-refractivity contribution in [3.8, 4) is 5.69 Å². The molecule has 0 amide bonds. The Kier molecular flexibility index (Phi) is 2.93. The van der Waals surface area contributed by atoms with Crippen LogP contribution in [0.5, 0.6) is 0 Å². The molecular formula is C14H13IN4. The van der Waals surface area contributed by atoms with Gasteiger partial charge >= 0.3 is 0 Å². The van der Waals surface area contributed by atoms with Crippen LogP contribution in [-0.4, -0.2) is 14.5 Å². The first-order valence-electron chi connectivity index (χ1n) is 5.94. The van der Waals surface area contributed by atoms with Gasteiger partial charge < -0.3 is 5.73 Å². The first-order chi connectivity index (χ1) is 9.11. The molecule has 0 saturated carbocycles. The van der Waals surface area contributed by atoms with E-state index >= 15 is 0 Å². The molecule has 0 aliphatic heterocycles. The van der Waals surface area contributed by atoms with Crippen molar-refractivity contribution in [2.24, 2.45) is 0 Å². The van der Waals surface area contributed by atoms with Gasteiger partial charge in [0.2, 0.25) is 0 Å². The van der Waals surface area contributed by atoms with Crippen LogP contribution in [0.2, 0.25) is 0 Å². The van der Waals surface area contributed by atoms with Crippen LogP contribution in [0.1, 0.15) is 11.3 Å². The maximum atomic E-state index is 5.99. The first kappa shape index (κ1) is 12.4. The highest BCUT2D eigenvalue weighted by Gasteiger charge is 2.17. The minimum atomic E-state index is 0.537. The van der Waals surface area contributed by atoms with Gasteiger partial charge in [-0.1, -0.05) is 12.1 Å². The molecule has 2 heterocycles. The van der Waals surface area contributed by atoms with Crippen LogP contribution in [0.25, 0.3) is 16.7 Å². The summed E-state index contributed by atoms with van der Waals surface area (Å²) in [6.45, 7) is 4.14. The number of rotatable bonds is 1. The highest BCUT2D eigenvalue weighted by atomic mass is 127. The lowest BCUT2D eigenvalue weighted by molar-refractivity contribution is 1.01. The third-order valence-electron chi connectivity index (χ3n) is 3.41. The van der Waals surface area contributed by atoms with E-state index in [1.807, 2.05) is 12.1 Å². The van der Waals surface area contributed by atoms with Crippen LogP contribution in [0.4, 0.5) is 5.82 Å². The summed E-state index contributed by atoms with van der Waals surface area (Å²) in [6, 6.07) is 8.23. The van der Waals surface area contributed by atoms with Gasteiger partial charge in [-0.25, -0.2) is 9.97 Å². The number of para-hydroxylation sites is 1. The summed E-state index contributed by atoms with van der Waals surface area (Å²) in [6.07, 6.45) is 1.52. The van der Waals surface area contributed by atoms with E-state index in [1.54, 1.807) is 0 Å². The zero-order valence-corrected chi connectivity index (χ0v) is 12.8. The Hall–Kier alpha value is -1.63. The number of hydrogen-bond acceptors (Lipinski definition) is 3. The Morgan fingerprint density at radius 2 is 1.89 bits per heavy atom. The Bertz CT molecular complexity index is 776. The molecule has 0 unspecified atom stereocenters. The van der Waals surface area contributed by atoms with Gasteiger partial charge in [0.05, 0.1) is 11.1 Å². The summed E-state index contributed by atoms with van der Waals surface area (Å²) < 4.78 is 3.32. The molecule has 19 heavy (non-hydrogen) atoms. The zero-order valence-electron chi connectivity index (χ0n) is 10.7. The lowest BCUT2D eigenvalue weighted by Crippen LogP contribution is -2.01. The first-order valence-corrected chi connectivity index (χ1v) is 7.02. The lowest BCUT2D eigenvalue weighted by Gasteiger charge is -2.09. The van der Waals surface area contributed by atoms with E-state index in [0.717, 1.165) is 28.0 Å². The van der Waals surface area contributed by atoms with Crippen molar-refractivity contribution in [3.63, 3.8) is 0 Å². The molecular weight excluding hydrogens is 351 g/mol. The summed E-state index contributed by atoms with van der Waals surface area (Å²) >= 11 is 2.34. The molecule has 3 aromatic rings. The minimum absolute atomic E-state index is 0.537. The van der Waals surface area contributed by atoms with E-state index in [-0.39, 0.29) is 0 Å². The molecule has 0 bridgehead atoms. The van der Waals surface area contributed by atoms with Crippen molar-refractivity contribution in [3.05, 3.63) is 45.4 Å². The van der Waals surface area contributed by atoms with Gasteiger partial charge in [-0.2, -0.15) is 0 Å². The number of nitrogen functional groups attached to an aromatic ring is 1. The number of nitrogens with zero attached hydrogens (tertiary/aromatic N) is 3. The van der Waals surface area contributed by atoms with Crippen molar-refractivity contribution in [2.75, 3.05) is 5.73 Å². The van der Waals surface area contributed by atoms with E-state index in [1.165, 1.54) is 9.90 Å². The quantitative estimate of drug-likeness (QED) is 0.675. The average molecular weight is 364 g/mol. The smallest absolute Gasteiger partial charge is 0.150 e. The predicted octanol–water partition coefficient (Wildman–Crippen LogP) is 3.22. The molecule has 0 atom stereocenters. The van der Waals surface area contributed by atoms with Gasteiger partial charge in [-0.15, -0.1) is 0 Å². The number of aryl methyl sites for hydroxylation is 1. The molecule has 0 saturated heterocycles. The molecule has 2 N–H and O–H groups in total. The SMILES string of the molecule is Cc1c(C)n(-c2ccccc2I)c2ncnc(N)c12. The Balaban J connectivity index is 2.46. The number of fused-ring (bicyclic) bond motifs is 1. The molecule has 0 fully saturated rings. The van der Waals surface area contributed by atoms with Gasteiger partial charge in [-0.3, -0.25) is 4.57 Å².